The second-order valence-electron chi connectivity index (χ2n) is 7.36. The maximum Gasteiger partial charge on any atom is 0.238 e. The lowest BCUT2D eigenvalue weighted by Gasteiger charge is -2.30. The standard InChI is InChI=1S/C21H28N4O3S/c1-15-12-19(23-28-15)22-21(27)16(2)29-14-20(26)25-11-7-10-18(25)13-24(3)17-8-5-4-6-9-17/h4-6,8-9,12,16,18H,7,10-11,13-14H2,1-3H3,(H,22,23,27)/t16-,18-/m0/s1. The summed E-state index contributed by atoms with van der Waals surface area (Å²) in [6.45, 7) is 5.15. The second-order valence-corrected chi connectivity index (χ2v) is 8.69. The number of para-hydroxylation sites is 1. The third-order valence-corrected chi connectivity index (χ3v) is 6.21. The molecule has 0 spiro atoms. The predicted molar refractivity (Wildman–Crippen MR) is 116 cm³/mol. The van der Waals surface area contributed by atoms with Crippen LogP contribution in [0.2, 0.25) is 0 Å². The van der Waals surface area contributed by atoms with E-state index in [4.69, 9.17) is 4.52 Å². The molecule has 0 saturated carbocycles. The molecule has 2 atom stereocenters. The molecule has 1 aliphatic heterocycles. The molecule has 1 N–H and O–H groups in total. The van der Waals surface area contributed by atoms with Crippen LogP contribution in [0.5, 0.6) is 0 Å². The molecule has 1 fully saturated rings. The van der Waals surface area contributed by atoms with Gasteiger partial charge >= 0.3 is 0 Å². The van der Waals surface area contributed by atoms with E-state index in [-0.39, 0.29) is 28.9 Å². The normalized spacial score (nSPS) is 17.2. The molecule has 2 aromatic rings. The zero-order valence-corrected chi connectivity index (χ0v) is 17.9. The van der Waals surface area contributed by atoms with Crippen molar-refractivity contribution >= 4 is 35.1 Å². The van der Waals surface area contributed by atoms with Crippen molar-refractivity contribution < 1.29 is 14.1 Å². The van der Waals surface area contributed by atoms with Crippen LogP contribution < -0.4 is 10.2 Å². The molecule has 29 heavy (non-hydrogen) atoms. The highest BCUT2D eigenvalue weighted by atomic mass is 32.2. The molecular weight excluding hydrogens is 388 g/mol. The van der Waals surface area contributed by atoms with E-state index in [2.05, 4.69) is 34.6 Å². The van der Waals surface area contributed by atoms with Gasteiger partial charge in [-0.3, -0.25) is 9.59 Å². The summed E-state index contributed by atoms with van der Waals surface area (Å²) in [5, 5.41) is 6.12. The first-order valence-corrected chi connectivity index (χ1v) is 10.9. The topological polar surface area (TPSA) is 78.7 Å². The van der Waals surface area contributed by atoms with Crippen molar-refractivity contribution in [3.63, 3.8) is 0 Å². The average Bonchev–Trinajstić information content (AvgIpc) is 3.35. The zero-order valence-electron chi connectivity index (χ0n) is 17.1. The molecule has 0 bridgehead atoms. The number of hydrogen-bond donors (Lipinski definition) is 1. The molecule has 1 saturated heterocycles. The van der Waals surface area contributed by atoms with Gasteiger partial charge in [-0.05, 0) is 38.8 Å². The molecule has 1 aliphatic rings. The number of nitrogens with one attached hydrogen (secondary N) is 1. The summed E-state index contributed by atoms with van der Waals surface area (Å²) in [6.07, 6.45) is 2.03. The summed E-state index contributed by atoms with van der Waals surface area (Å²) in [4.78, 5) is 29.2. The predicted octanol–water partition coefficient (Wildman–Crippen LogP) is 3.17. The van der Waals surface area contributed by atoms with Gasteiger partial charge < -0.3 is 19.6 Å². The Hall–Kier alpha value is -2.48. The Morgan fingerprint density at radius 1 is 1.38 bits per heavy atom. The van der Waals surface area contributed by atoms with Gasteiger partial charge in [0.1, 0.15) is 5.76 Å². The minimum atomic E-state index is -0.357. The van der Waals surface area contributed by atoms with Crippen molar-refractivity contribution in [3.05, 3.63) is 42.2 Å². The maximum absolute atomic E-state index is 12.8. The number of benzene rings is 1. The first kappa shape index (κ1) is 21.2. The van der Waals surface area contributed by atoms with Gasteiger partial charge in [0, 0.05) is 37.9 Å². The number of hydrogen-bond acceptors (Lipinski definition) is 6. The van der Waals surface area contributed by atoms with Gasteiger partial charge in [-0.15, -0.1) is 11.8 Å². The molecule has 1 aromatic heterocycles. The number of carbonyl (C=O) groups excluding carboxylic acids is 2. The van der Waals surface area contributed by atoms with E-state index in [0.29, 0.717) is 11.6 Å². The van der Waals surface area contributed by atoms with Gasteiger partial charge in [0.05, 0.1) is 11.0 Å². The zero-order chi connectivity index (χ0) is 20.8. The Balaban J connectivity index is 1.48. The van der Waals surface area contributed by atoms with Crippen LogP contribution in [0.3, 0.4) is 0 Å². The minimum Gasteiger partial charge on any atom is -0.373 e. The van der Waals surface area contributed by atoms with E-state index < -0.39 is 0 Å². The Morgan fingerprint density at radius 2 is 2.14 bits per heavy atom. The average molecular weight is 417 g/mol. The van der Waals surface area contributed by atoms with Gasteiger partial charge in [0.2, 0.25) is 11.8 Å². The van der Waals surface area contributed by atoms with Crippen LogP contribution in [0.4, 0.5) is 11.5 Å². The van der Waals surface area contributed by atoms with Crippen molar-refractivity contribution in [2.45, 2.75) is 38.0 Å². The Labute approximate surface area is 175 Å². The number of nitrogens with zero attached hydrogens (tertiary/aromatic N) is 3. The van der Waals surface area contributed by atoms with Crippen molar-refractivity contribution in [2.75, 3.05) is 36.1 Å². The number of likely N-dealkylation sites (N-methyl/N-ethyl adjacent to an activating group) is 1. The molecule has 1 aromatic carbocycles. The monoisotopic (exact) mass is 416 g/mol. The molecule has 0 unspecified atom stereocenters. The number of aromatic nitrogens is 1. The number of carbonyl (C=O) groups is 2. The molecule has 7 nitrogen and oxygen atoms in total. The minimum absolute atomic E-state index is 0.0934. The molecule has 8 heteroatoms. The van der Waals surface area contributed by atoms with Crippen LogP contribution in [0.15, 0.2) is 40.9 Å². The number of aryl methyl sites for hydroxylation is 1. The van der Waals surface area contributed by atoms with E-state index in [1.165, 1.54) is 11.8 Å². The summed E-state index contributed by atoms with van der Waals surface area (Å²) in [6, 6.07) is 12.1. The van der Waals surface area contributed by atoms with Gasteiger partial charge in [-0.25, -0.2) is 0 Å². The highest BCUT2D eigenvalue weighted by Gasteiger charge is 2.30. The molecule has 3 rings (SSSR count). The van der Waals surface area contributed by atoms with Crippen molar-refractivity contribution in [1.82, 2.24) is 10.1 Å². The molecule has 2 amide bonds. The Kier molecular flexibility index (Phi) is 7.19. The highest BCUT2D eigenvalue weighted by molar-refractivity contribution is 8.01. The van der Waals surface area contributed by atoms with E-state index >= 15 is 0 Å². The highest BCUT2D eigenvalue weighted by Crippen LogP contribution is 2.23. The lowest BCUT2D eigenvalue weighted by molar-refractivity contribution is -0.128. The lowest BCUT2D eigenvalue weighted by atomic mass is 10.2. The van der Waals surface area contributed by atoms with Crippen LogP contribution in [-0.4, -0.2) is 59.1 Å². The van der Waals surface area contributed by atoms with E-state index in [1.54, 1.807) is 19.9 Å². The fourth-order valence-electron chi connectivity index (χ4n) is 3.47. The summed E-state index contributed by atoms with van der Waals surface area (Å²) >= 11 is 1.35. The van der Waals surface area contributed by atoms with Crippen LogP contribution >= 0.6 is 11.8 Å². The summed E-state index contributed by atoms with van der Waals surface area (Å²) in [5.74, 6) is 1.23. The molecule has 156 valence electrons. The Bertz CT molecular complexity index is 826. The van der Waals surface area contributed by atoms with Gasteiger partial charge in [-0.1, -0.05) is 23.4 Å². The maximum atomic E-state index is 12.8. The van der Waals surface area contributed by atoms with Gasteiger partial charge in [0.15, 0.2) is 5.82 Å². The van der Waals surface area contributed by atoms with E-state index in [9.17, 15) is 9.59 Å². The SMILES string of the molecule is Cc1cc(NC(=O)[C@H](C)SCC(=O)N2CCC[C@H]2CN(C)c2ccccc2)no1. The number of amides is 2. The smallest absolute Gasteiger partial charge is 0.238 e. The number of likely N-dealkylation sites (tertiary alicyclic amines) is 1. The van der Waals surface area contributed by atoms with Crippen LogP contribution in [-0.2, 0) is 9.59 Å². The van der Waals surface area contributed by atoms with Crippen molar-refractivity contribution in [3.8, 4) is 0 Å². The number of thioether (sulfide) groups is 1. The third kappa shape index (κ3) is 5.76. The first-order chi connectivity index (χ1) is 13.9. The molecule has 2 heterocycles. The first-order valence-electron chi connectivity index (χ1n) is 9.85. The number of anilines is 2. The van der Waals surface area contributed by atoms with Crippen LogP contribution in [0.25, 0.3) is 0 Å². The fourth-order valence-corrected chi connectivity index (χ4v) is 4.23. The molecule has 0 aliphatic carbocycles. The quantitative estimate of drug-likeness (QED) is 0.712. The fraction of sp³-hybridized carbons (Fsp3) is 0.476. The van der Waals surface area contributed by atoms with Gasteiger partial charge in [-0.2, -0.15) is 0 Å². The van der Waals surface area contributed by atoms with Crippen LogP contribution in [0, 0.1) is 6.92 Å². The van der Waals surface area contributed by atoms with Crippen molar-refractivity contribution in [1.29, 1.82) is 0 Å². The van der Waals surface area contributed by atoms with E-state index in [1.807, 2.05) is 23.1 Å². The summed E-state index contributed by atoms with van der Waals surface area (Å²) in [5.41, 5.74) is 1.15. The largest absolute Gasteiger partial charge is 0.373 e. The Morgan fingerprint density at radius 3 is 2.83 bits per heavy atom. The third-order valence-electron chi connectivity index (χ3n) is 5.08. The van der Waals surface area contributed by atoms with E-state index in [0.717, 1.165) is 31.6 Å². The molecule has 0 radical (unpaired) electrons. The second kappa shape index (κ2) is 9.82. The summed E-state index contributed by atoms with van der Waals surface area (Å²) < 4.78 is 4.95. The van der Waals surface area contributed by atoms with Crippen molar-refractivity contribution in [2.24, 2.45) is 0 Å². The van der Waals surface area contributed by atoms with Crippen LogP contribution in [0.1, 0.15) is 25.5 Å². The van der Waals surface area contributed by atoms with Gasteiger partial charge in [0.25, 0.3) is 0 Å². The lowest BCUT2D eigenvalue weighted by Crippen LogP contribution is -2.43. The molecular formula is C21H28N4O3S. The number of rotatable bonds is 8. The summed E-state index contributed by atoms with van der Waals surface area (Å²) in [7, 11) is 2.06.